The van der Waals surface area contributed by atoms with Gasteiger partial charge in [0.15, 0.2) is 6.29 Å². The van der Waals surface area contributed by atoms with Crippen LogP contribution in [0.1, 0.15) is 19.3 Å². The summed E-state index contributed by atoms with van der Waals surface area (Å²) in [7, 11) is 0. The maximum atomic E-state index is 5.52. The summed E-state index contributed by atoms with van der Waals surface area (Å²) in [6, 6.07) is 0. The van der Waals surface area contributed by atoms with Crippen molar-refractivity contribution in [3.05, 3.63) is 35.4 Å². The second kappa shape index (κ2) is 7.85. The lowest BCUT2D eigenvalue weighted by Gasteiger charge is -2.21. The summed E-state index contributed by atoms with van der Waals surface area (Å²) in [6.07, 6.45) is 10.9. The molecule has 1 saturated heterocycles. The number of ether oxygens (including phenoxy) is 2. The second-order valence-corrected chi connectivity index (χ2v) is 4.23. The van der Waals surface area contributed by atoms with E-state index in [1.165, 1.54) is 6.42 Å². The van der Waals surface area contributed by atoms with E-state index in [1.807, 2.05) is 18.2 Å². The van der Waals surface area contributed by atoms with E-state index in [4.69, 9.17) is 9.47 Å². The van der Waals surface area contributed by atoms with Crippen LogP contribution in [0.2, 0.25) is 0 Å². The van der Waals surface area contributed by atoms with E-state index < -0.39 is 0 Å². The molecule has 84 valence electrons. The second-order valence-electron chi connectivity index (χ2n) is 3.31. The van der Waals surface area contributed by atoms with Crippen LogP contribution in [-0.2, 0) is 9.47 Å². The molecule has 1 rings (SSSR count). The standard InChI is InChI=1S/C12H17BrO2/c1-2-11(13)7-3-5-9-14-12-8-4-6-10-15-12/h2-3,5,7,12H,1,4,6,8-10H2/b5-3+,11-7+. The number of halogens is 1. The summed E-state index contributed by atoms with van der Waals surface area (Å²) in [5.74, 6) is 0. The Morgan fingerprint density at radius 3 is 3.07 bits per heavy atom. The average molecular weight is 273 g/mol. The number of hydrogen-bond donors (Lipinski definition) is 0. The van der Waals surface area contributed by atoms with Gasteiger partial charge in [0.1, 0.15) is 0 Å². The van der Waals surface area contributed by atoms with Gasteiger partial charge in [-0.15, -0.1) is 0 Å². The van der Waals surface area contributed by atoms with Gasteiger partial charge in [0.2, 0.25) is 0 Å². The van der Waals surface area contributed by atoms with Gasteiger partial charge in [-0.05, 0) is 25.3 Å². The SMILES string of the molecule is C=C/C(Br)=C\C=C\COC1CCCCO1. The van der Waals surface area contributed by atoms with E-state index in [1.54, 1.807) is 6.08 Å². The van der Waals surface area contributed by atoms with Crippen LogP contribution in [0.4, 0.5) is 0 Å². The van der Waals surface area contributed by atoms with Crippen LogP contribution in [-0.4, -0.2) is 19.5 Å². The minimum Gasteiger partial charge on any atom is -0.353 e. The summed E-state index contributed by atoms with van der Waals surface area (Å²) in [6.45, 7) is 5.06. The molecule has 0 aromatic heterocycles. The van der Waals surface area contributed by atoms with Gasteiger partial charge in [-0.2, -0.15) is 0 Å². The zero-order valence-electron chi connectivity index (χ0n) is 8.82. The fraction of sp³-hybridized carbons (Fsp3) is 0.500. The molecule has 0 spiro atoms. The molecule has 1 heterocycles. The van der Waals surface area contributed by atoms with Gasteiger partial charge in [0, 0.05) is 11.1 Å². The number of rotatable bonds is 5. The fourth-order valence-corrected chi connectivity index (χ4v) is 1.44. The third kappa shape index (κ3) is 5.92. The smallest absolute Gasteiger partial charge is 0.157 e. The topological polar surface area (TPSA) is 18.5 Å². The van der Waals surface area contributed by atoms with Gasteiger partial charge in [-0.25, -0.2) is 0 Å². The Balaban J connectivity index is 2.12. The minimum absolute atomic E-state index is 0.00442. The molecule has 0 saturated carbocycles. The predicted molar refractivity (Wildman–Crippen MR) is 65.9 cm³/mol. The molecule has 2 nitrogen and oxygen atoms in total. The molecular weight excluding hydrogens is 256 g/mol. The average Bonchev–Trinajstić information content (AvgIpc) is 2.29. The van der Waals surface area contributed by atoms with E-state index in [2.05, 4.69) is 22.5 Å². The van der Waals surface area contributed by atoms with Crippen molar-refractivity contribution >= 4 is 15.9 Å². The minimum atomic E-state index is -0.00442. The molecule has 1 aliphatic rings. The summed E-state index contributed by atoms with van der Waals surface area (Å²) >= 11 is 3.33. The highest BCUT2D eigenvalue weighted by molar-refractivity contribution is 9.11. The molecule has 3 heteroatoms. The van der Waals surface area contributed by atoms with Crippen molar-refractivity contribution in [2.75, 3.05) is 13.2 Å². The molecule has 0 radical (unpaired) electrons. The normalized spacial score (nSPS) is 23.3. The van der Waals surface area contributed by atoms with Crippen LogP contribution in [0, 0.1) is 0 Å². The highest BCUT2D eigenvalue weighted by Crippen LogP contribution is 2.13. The van der Waals surface area contributed by atoms with E-state index in [9.17, 15) is 0 Å². The van der Waals surface area contributed by atoms with Gasteiger partial charge in [0.25, 0.3) is 0 Å². The van der Waals surface area contributed by atoms with Crippen LogP contribution in [0.25, 0.3) is 0 Å². The Labute approximate surface area is 99.8 Å². The first-order chi connectivity index (χ1) is 7.33. The van der Waals surface area contributed by atoms with Gasteiger partial charge in [-0.3, -0.25) is 0 Å². The van der Waals surface area contributed by atoms with Crippen LogP contribution < -0.4 is 0 Å². The summed E-state index contributed by atoms with van der Waals surface area (Å²) in [4.78, 5) is 0. The van der Waals surface area contributed by atoms with E-state index in [0.717, 1.165) is 23.9 Å². The largest absolute Gasteiger partial charge is 0.353 e. The van der Waals surface area contributed by atoms with Crippen LogP contribution in [0.3, 0.4) is 0 Å². The molecule has 0 bridgehead atoms. The third-order valence-electron chi connectivity index (χ3n) is 2.10. The maximum Gasteiger partial charge on any atom is 0.157 e. The molecule has 1 atom stereocenters. The van der Waals surface area contributed by atoms with Crippen molar-refractivity contribution in [3.8, 4) is 0 Å². The first kappa shape index (κ1) is 12.7. The van der Waals surface area contributed by atoms with Gasteiger partial charge >= 0.3 is 0 Å². The highest BCUT2D eigenvalue weighted by atomic mass is 79.9. The first-order valence-electron chi connectivity index (χ1n) is 5.21. The molecule has 15 heavy (non-hydrogen) atoms. The van der Waals surface area contributed by atoms with Gasteiger partial charge in [0.05, 0.1) is 6.61 Å². The van der Waals surface area contributed by atoms with Crippen molar-refractivity contribution in [1.82, 2.24) is 0 Å². The van der Waals surface area contributed by atoms with Crippen molar-refractivity contribution in [2.24, 2.45) is 0 Å². The Bertz CT molecular complexity index is 240. The highest BCUT2D eigenvalue weighted by Gasteiger charge is 2.12. The third-order valence-corrected chi connectivity index (χ3v) is 2.69. The zero-order chi connectivity index (χ0) is 10.9. The summed E-state index contributed by atoms with van der Waals surface area (Å²) in [5, 5.41) is 0. The lowest BCUT2D eigenvalue weighted by Crippen LogP contribution is -2.22. The molecule has 0 aromatic carbocycles. The monoisotopic (exact) mass is 272 g/mol. The molecular formula is C12H17BrO2. The molecule has 0 aliphatic carbocycles. The van der Waals surface area contributed by atoms with E-state index in [-0.39, 0.29) is 6.29 Å². The molecule has 0 aromatic rings. The van der Waals surface area contributed by atoms with E-state index in [0.29, 0.717) is 6.61 Å². The molecule has 1 unspecified atom stereocenters. The summed E-state index contributed by atoms with van der Waals surface area (Å²) < 4.78 is 11.9. The predicted octanol–water partition coefficient (Wildman–Crippen LogP) is 3.55. The van der Waals surface area contributed by atoms with Crippen molar-refractivity contribution in [1.29, 1.82) is 0 Å². The van der Waals surface area contributed by atoms with Gasteiger partial charge < -0.3 is 9.47 Å². The van der Waals surface area contributed by atoms with Crippen LogP contribution in [0.15, 0.2) is 35.4 Å². The Hall–Kier alpha value is -0.380. The fourth-order valence-electron chi connectivity index (χ4n) is 1.29. The molecule has 1 aliphatic heterocycles. The van der Waals surface area contributed by atoms with Gasteiger partial charge in [-0.1, -0.05) is 40.7 Å². The van der Waals surface area contributed by atoms with Crippen molar-refractivity contribution < 1.29 is 9.47 Å². The maximum absolute atomic E-state index is 5.52. The Kier molecular flexibility index (Phi) is 6.64. The Morgan fingerprint density at radius 2 is 2.40 bits per heavy atom. The number of hydrogen-bond acceptors (Lipinski definition) is 2. The van der Waals surface area contributed by atoms with Crippen molar-refractivity contribution in [3.63, 3.8) is 0 Å². The first-order valence-corrected chi connectivity index (χ1v) is 6.00. The molecule has 0 N–H and O–H groups in total. The number of allylic oxidation sites excluding steroid dienone is 4. The molecule has 0 amide bonds. The lowest BCUT2D eigenvalue weighted by atomic mass is 10.2. The van der Waals surface area contributed by atoms with E-state index >= 15 is 0 Å². The van der Waals surface area contributed by atoms with Crippen LogP contribution >= 0.6 is 15.9 Å². The zero-order valence-corrected chi connectivity index (χ0v) is 10.4. The Morgan fingerprint density at radius 1 is 1.53 bits per heavy atom. The quantitative estimate of drug-likeness (QED) is 0.713. The van der Waals surface area contributed by atoms with Crippen LogP contribution in [0.5, 0.6) is 0 Å². The summed E-state index contributed by atoms with van der Waals surface area (Å²) in [5.41, 5.74) is 0. The molecule has 1 fully saturated rings. The lowest BCUT2D eigenvalue weighted by molar-refractivity contribution is -0.155. The van der Waals surface area contributed by atoms with Crippen molar-refractivity contribution in [2.45, 2.75) is 25.6 Å².